The molecule has 1 heterocycles. The Morgan fingerprint density at radius 3 is 2.81 bits per heavy atom. The second-order valence-corrected chi connectivity index (χ2v) is 8.26. The van der Waals surface area contributed by atoms with E-state index in [0.717, 1.165) is 36.0 Å². The van der Waals surface area contributed by atoms with Crippen LogP contribution in [-0.2, 0) is 0 Å². The fourth-order valence-corrected chi connectivity index (χ4v) is 3.67. The number of nitrogens with zero attached hydrogens (tertiary/aromatic N) is 1. The molecule has 0 aromatic heterocycles. The quantitative estimate of drug-likeness (QED) is 0.411. The number of carboxylic acid groups (broad SMARTS) is 1. The van der Waals surface area contributed by atoms with Gasteiger partial charge >= 0.3 is 5.97 Å². The van der Waals surface area contributed by atoms with Gasteiger partial charge in [0.2, 0.25) is 0 Å². The van der Waals surface area contributed by atoms with Crippen molar-refractivity contribution in [2.24, 2.45) is 10.6 Å². The molecule has 0 saturated heterocycles. The maximum Gasteiger partial charge on any atom is 0.335 e. The first kappa shape index (κ1) is 21.0. The molecule has 6 heteroatoms. The average molecular weight is 389 g/mol. The molecular formula is C21H24FNO3S. The summed E-state index contributed by atoms with van der Waals surface area (Å²) in [5.74, 6) is 0.157. The monoisotopic (exact) mass is 389 g/mol. The lowest BCUT2D eigenvalue weighted by Crippen LogP contribution is -2.13. The van der Waals surface area contributed by atoms with Crippen LogP contribution in [0.5, 0.6) is 0 Å². The molecule has 1 aliphatic rings. The number of allylic oxidation sites excluding steroid dienone is 4. The Morgan fingerprint density at radius 1 is 1.37 bits per heavy atom. The van der Waals surface area contributed by atoms with Gasteiger partial charge in [-0.2, -0.15) is 11.8 Å². The number of oxime groups is 1. The van der Waals surface area contributed by atoms with Crippen LogP contribution < -0.4 is 0 Å². The second kappa shape index (κ2) is 9.55. The van der Waals surface area contributed by atoms with E-state index in [1.165, 1.54) is 24.3 Å². The molecule has 1 aliphatic heterocycles. The first-order chi connectivity index (χ1) is 12.8. The van der Waals surface area contributed by atoms with Crippen molar-refractivity contribution >= 4 is 29.5 Å². The number of halogens is 1. The van der Waals surface area contributed by atoms with Gasteiger partial charge in [0.1, 0.15) is 11.5 Å². The van der Waals surface area contributed by atoms with Crippen LogP contribution in [0.2, 0.25) is 0 Å². The number of carbonyl (C=O) groups is 1. The van der Waals surface area contributed by atoms with Gasteiger partial charge in [-0.3, -0.25) is 0 Å². The second-order valence-electron chi connectivity index (χ2n) is 7.12. The molecule has 0 radical (unpaired) electrons. The molecule has 0 spiro atoms. The van der Waals surface area contributed by atoms with Crippen molar-refractivity contribution in [1.29, 1.82) is 0 Å². The SMILES string of the molecule is CC1(C)C/C=C(C(/C=C/c2ccc(C(=O)O)cc2F)=N\O)\C=C/CSCC1. The van der Waals surface area contributed by atoms with Crippen LogP contribution in [0.3, 0.4) is 0 Å². The molecule has 0 atom stereocenters. The third kappa shape index (κ3) is 6.40. The smallest absolute Gasteiger partial charge is 0.335 e. The van der Waals surface area contributed by atoms with Crippen LogP contribution in [0.1, 0.15) is 42.6 Å². The Labute approximate surface area is 163 Å². The third-order valence-electron chi connectivity index (χ3n) is 4.38. The summed E-state index contributed by atoms with van der Waals surface area (Å²) in [6, 6.07) is 3.70. The van der Waals surface area contributed by atoms with E-state index in [1.807, 2.05) is 30.0 Å². The van der Waals surface area contributed by atoms with Crippen LogP contribution in [0.25, 0.3) is 6.08 Å². The highest BCUT2D eigenvalue weighted by Crippen LogP contribution is 2.29. The molecule has 4 nitrogen and oxygen atoms in total. The lowest BCUT2D eigenvalue weighted by atomic mass is 9.85. The topological polar surface area (TPSA) is 69.9 Å². The summed E-state index contributed by atoms with van der Waals surface area (Å²) in [7, 11) is 0. The maximum absolute atomic E-state index is 14.1. The van der Waals surface area contributed by atoms with E-state index in [1.54, 1.807) is 0 Å². The highest BCUT2D eigenvalue weighted by molar-refractivity contribution is 7.99. The lowest BCUT2D eigenvalue weighted by Gasteiger charge is -2.23. The number of hydrogen-bond acceptors (Lipinski definition) is 4. The minimum Gasteiger partial charge on any atom is -0.478 e. The van der Waals surface area contributed by atoms with Crippen molar-refractivity contribution < 1.29 is 19.5 Å². The van der Waals surface area contributed by atoms with E-state index in [0.29, 0.717) is 5.71 Å². The lowest BCUT2D eigenvalue weighted by molar-refractivity contribution is 0.0696. The number of thioether (sulfide) groups is 1. The molecule has 0 unspecified atom stereocenters. The van der Waals surface area contributed by atoms with Crippen molar-refractivity contribution in [2.45, 2.75) is 26.7 Å². The molecule has 0 amide bonds. The van der Waals surface area contributed by atoms with Crippen LogP contribution in [-0.4, -0.2) is 33.5 Å². The molecule has 144 valence electrons. The molecule has 27 heavy (non-hydrogen) atoms. The first-order valence-electron chi connectivity index (χ1n) is 8.70. The predicted octanol–water partition coefficient (Wildman–Crippen LogP) is 5.40. The molecule has 0 saturated carbocycles. The fraction of sp³-hybridized carbons (Fsp3) is 0.333. The number of rotatable bonds is 4. The van der Waals surface area contributed by atoms with E-state index >= 15 is 0 Å². The van der Waals surface area contributed by atoms with Crippen molar-refractivity contribution in [3.05, 3.63) is 65.0 Å². The largest absolute Gasteiger partial charge is 0.478 e. The summed E-state index contributed by atoms with van der Waals surface area (Å²) >= 11 is 1.86. The summed E-state index contributed by atoms with van der Waals surface area (Å²) in [5, 5.41) is 21.7. The van der Waals surface area contributed by atoms with Gasteiger partial charge in [-0.05, 0) is 53.9 Å². The Kier molecular flexibility index (Phi) is 7.42. The Morgan fingerprint density at radius 2 is 2.15 bits per heavy atom. The van der Waals surface area contributed by atoms with Crippen molar-refractivity contribution in [2.75, 3.05) is 11.5 Å². The van der Waals surface area contributed by atoms with Crippen molar-refractivity contribution in [1.82, 2.24) is 0 Å². The predicted molar refractivity (Wildman–Crippen MR) is 109 cm³/mol. The summed E-state index contributed by atoms with van der Waals surface area (Å²) < 4.78 is 14.1. The van der Waals surface area contributed by atoms with Gasteiger partial charge in [0.05, 0.1) is 5.56 Å². The molecule has 0 aliphatic carbocycles. The molecule has 2 N–H and O–H groups in total. The van der Waals surface area contributed by atoms with Crippen molar-refractivity contribution in [3.63, 3.8) is 0 Å². The van der Waals surface area contributed by atoms with E-state index in [2.05, 4.69) is 19.0 Å². The van der Waals surface area contributed by atoms with Gasteiger partial charge in [-0.15, -0.1) is 0 Å². The van der Waals surface area contributed by atoms with Gasteiger partial charge in [0.25, 0.3) is 0 Å². The molecule has 0 bridgehead atoms. The zero-order valence-corrected chi connectivity index (χ0v) is 16.3. The number of benzene rings is 1. The van der Waals surface area contributed by atoms with Gasteiger partial charge in [-0.1, -0.05) is 43.3 Å². The van der Waals surface area contributed by atoms with Gasteiger partial charge in [0, 0.05) is 11.3 Å². The molecule has 0 fully saturated rings. The number of aromatic carboxylic acids is 1. The van der Waals surface area contributed by atoms with Crippen molar-refractivity contribution in [3.8, 4) is 0 Å². The van der Waals surface area contributed by atoms with Gasteiger partial charge < -0.3 is 10.3 Å². The summed E-state index contributed by atoms with van der Waals surface area (Å²) in [6.07, 6.45) is 10.9. The minimum absolute atomic E-state index is 0.113. The third-order valence-corrected chi connectivity index (χ3v) is 5.30. The van der Waals surface area contributed by atoms with E-state index in [4.69, 9.17) is 5.11 Å². The summed E-state index contributed by atoms with van der Waals surface area (Å²) in [5.41, 5.74) is 1.35. The zero-order chi connectivity index (χ0) is 19.9. The molecule has 2 rings (SSSR count). The Hall–Kier alpha value is -2.34. The first-order valence-corrected chi connectivity index (χ1v) is 9.86. The van der Waals surface area contributed by atoms with E-state index < -0.39 is 11.8 Å². The number of carboxylic acids is 1. The minimum atomic E-state index is -1.18. The normalized spacial score (nSPS) is 21.4. The van der Waals surface area contributed by atoms with E-state index in [-0.39, 0.29) is 16.5 Å². The zero-order valence-electron chi connectivity index (χ0n) is 15.5. The van der Waals surface area contributed by atoms with Gasteiger partial charge in [0.15, 0.2) is 0 Å². The average Bonchev–Trinajstić information content (AvgIpc) is 2.62. The molecule has 1 aromatic rings. The highest BCUT2D eigenvalue weighted by atomic mass is 32.2. The summed E-state index contributed by atoms with van der Waals surface area (Å²) in [4.78, 5) is 10.9. The van der Waals surface area contributed by atoms with Crippen LogP contribution in [0.15, 0.2) is 53.2 Å². The molecular weight excluding hydrogens is 365 g/mol. The fourth-order valence-electron chi connectivity index (χ4n) is 2.57. The Bertz CT molecular complexity index is 810. The van der Waals surface area contributed by atoms with Gasteiger partial charge in [-0.25, -0.2) is 9.18 Å². The van der Waals surface area contributed by atoms with Crippen LogP contribution in [0, 0.1) is 11.2 Å². The van der Waals surface area contributed by atoms with Crippen LogP contribution >= 0.6 is 11.8 Å². The van der Waals surface area contributed by atoms with E-state index in [9.17, 15) is 14.4 Å². The Balaban J connectivity index is 2.26. The van der Waals surface area contributed by atoms with Crippen LogP contribution in [0.4, 0.5) is 4.39 Å². The number of hydrogen-bond donors (Lipinski definition) is 2. The highest BCUT2D eigenvalue weighted by Gasteiger charge is 2.17. The standard InChI is InChI=1S/C21H24FNO3S/c1-21(2)10-9-16(4-3-12-27-13-11-21)19(23-26)8-7-15-5-6-17(20(24)25)14-18(15)22/h3-9,14,26H,10-13H2,1-2H3,(H,24,25)/b4-3-,8-7+,16-9+,23-19-. The molecule has 1 aromatic carbocycles. The maximum atomic E-state index is 14.1. The summed E-state index contributed by atoms with van der Waals surface area (Å²) in [6.45, 7) is 4.41.